The number of β-amino-alcohol motifs (C(OH)–C–C–N with tert-alkyl or cyclic N) is 1. The fraction of sp³-hybridized carbons (Fsp3) is 1.00. The molecule has 1 unspecified atom stereocenters. The highest BCUT2D eigenvalue weighted by Crippen LogP contribution is 2.09. The van der Waals surface area contributed by atoms with Gasteiger partial charge in [-0.25, -0.2) is 0 Å². The van der Waals surface area contributed by atoms with Crippen LogP contribution in [0.5, 0.6) is 0 Å². The van der Waals surface area contributed by atoms with Crippen molar-refractivity contribution < 1.29 is 5.11 Å². The van der Waals surface area contributed by atoms with E-state index >= 15 is 0 Å². The number of likely N-dealkylation sites (tertiary alicyclic amines) is 2. The lowest BCUT2D eigenvalue weighted by Gasteiger charge is -2.30. The van der Waals surface area contributed by atoms with Gasteiger partial charge < -0.3 is 20.2 Å². The molecule has 100 valence electrons. The summed E-state index contributed by atoms with van der Waals surface area (Å²) >= 11 is 0. The second-order valence-electron chi connectivity index (χ2n) is 5.65. The minimum absolute atomic E-state index is 0.201. The summed E-state index contributed by atoms with van der Waals surface area (Å²) in [6, 6.07) is 0.611. The number of hydrogen-bond acceptors (Lipinski definition) is 4. The SMILES string of the molecule is CN1CCC(NCC(O)CN2CCCC2)CC1. The van der Waals surface area contributed by atoms with Crippen LogP contribution in [0.4, 0.5) is 0 Å². The van der Waals surface area contributed by atoms with Gasteiger partial charge in [-0.3, -0.25) is 0 Å². The number of nitrogens with one attached hydrogen (secondary N) is 1. The molecule has 2 saturated heterocycles. The summed E-state index contributed by atoms with van der Waals surface area (Å²) in [6.45, 7) is 6.31. The van der Waals surface area contributed by atoms with Crippen molar-refractivity contribution in [2.75, 3.05) is 46.3 Å². The normalized spacial score (nSPS) is 26.5. The number of rotatable bonds is 5. The third kappa shape index (κ3) is 4.54. The largest absolute Gasteiger partial charge is 0.390 e. The lowest BCUT2D eigenvalue weighted by atomic mass is 10.1. The summed E-state index contributed by atoms with van der Waals surface area (Å²) in [5.41, 5.74) is 0. The number of piperidine rings is 1. The van der Waals surface area contributed by atoms with E-state index in [-0.39, 0.29) is 6.10 Å². The minimum atomic E-state index is -0.201. The number of hydrogen-bond donors (Lipinski definition) is 2. The molecular formula is C13H27N3O. The van der Waals surface area contributed by atoms with Gasteiger partial charge in [-0.05, 0) is 58.9 Å². The molecule has 1 atom stereocenters. The smallest absolute Gasteiger partial charge is 0.0791 e. The molecule has 2 fully saturated rings. The Morgan fingerprint density at radius 3 is 2.47 bits per heavy atom. The van der Waals surface area contributed by atoms with Crippen molar-refractivity contribution in [3.05, 3.63) is 0 Å². The first-order valence-electron chi connectivity index (χ1n) is 7.06. The van der Waals surface area contributed by atoms with Gasteiger partial charge in [-0.2, -0.15) is 0 Å². The van der Waals surface area contributed by atoms with E-state index in [0.29, 0.717) is 6.04 Å². The summed E-state index contributed by atoms with van der Waals surface area (Å²) in [4.78, 5) is 4.75. The highest BCUT2D eigenvalue weighted by Gasteiger charge is 2.19. The van der Waals surface area contributed by atoms with Crippen LogP contribution in [0.25, 0.3) is 0 Å². The van der Waals surface area contributed by atoms with Gasteiger partial charge >= 0.3 is 0 Å². The Kier molecular flexibility index (Phi) is 5.22. The summed E-state index contributed by atoms with van der Waals surface area (Å²) in [5.74, 6) is 0. The van der Waals surface area contributed by atoms with Crippen molar-refractivity contribution in [1.29, 1.82) is 0 Å². The molecule has 4 nitrogen and oxygen atoms in total. The molecule has 0 aromatic heterocycles. The predicted molar refractivity (Wildman–Crippen MR) is 70.2 cm³/mol. The van der Waals surface area contributed by atoms with Crippen LogP contribution in [0, 0.1) is 0 Å². The molecule has 2 rings (SSSR count). The van der Waals surface area contributed by atoms with Crippen molar-refractivity contribution in [3.8, 4) is 0 Å². The zero-order chi connectivity index (χ0) is 12.1. The van der Waals surface area contributed by atoms with Gasteiger partial charge in [0.1, 0.15) is 0 Å². The standard InChI is InChI=1S/C13H27N3O/c1-15-8-4-12(5-9-15)14-10-13(17)11-16-6-2-3-7-16/h12-14,17H,2-11H2,1H3. The zero-order valence-electron chi connectivity index (χ0n) is 11.1. The van der Waals surface area contributed by atoms with E-state index < -0.39 is 0 Å². The third-order valence-electron chi connectivity index (χ3n) is 4.03. The third-order valence-corrected chi connectivity index (χ3v) is 4.03. The van der Waals surface area contributed by atoms with Gasteiger partial charge in [0.25, 0.3) is 0 Å². The van der Waals surface area contributed by atoms with Crippen LogP contribution in [-0.4, -0.2) is 73.4 Å². The van der Waals surface area contributed by atoms with E-state index in [2.05, 4.69) is 22.2 Å². The topological polar surface area (TPSA) is 38.7 Å². The summed E-state index contributed by atoms with van der Waals surface area (Å²) in [7, 11) is 2.18. The summed E-state index contributed by atoms with van der Waals surface area (Å²) in [5, 5.41) is 13.5. The zero-order valence-corrected chi connectivity index (χ0v) is 11.1. The van der Waals surface area contributed by atoms with Crippen molar-refractivity contribution in [2.24, 2.45) is 0 Å². The average Bonchev–Trinajstić information content (AvgIpc) is 2.81. The van der Waals surface area contributed by atoms with Gasteiger partial charge in [-0.15, -0.1) is 0 Å². The maximum Gasteiger partial charge on any atom is 0.0791 e. The van der Waals surface area contributed by atoms with Crippen molar-refractivity contribution in [2.45, 2.75) is 37.8 Å². The van der Waals surface area contributed by atoms with E-state index in [1.165, 1.54) is 51.9 Å². The molecule has 0 saturated carbocycles. The highest BCUT2D eigenvalue weighted by molar-refractivity contribution is 4.78. The van der Waals surface area contributed by atoms with Crippen LogP contribution in [0.2, 0.25) is 0 Å². The molecule has 2 heterocycles. The van der Waals surface area contributed by atoms with E-state index in [1.807, 2.05) is 0 Å². The van der Waals surface area contributed by atoms with E-state index in [9.17, 15) is 5.11 Å². The fourth-order valence-electron chi connectivity index (χ4n) is 2.84. The first-order chi connectivity index (χ1) is 8.24. The molecule has 0 spiro atoms. The Balaban J connectivity index is 1.57. The molecule has 4 heteroatoms. The summed E-state index contributed by atoms with van der Waals surface area (Å²) < 4.78 is 0. The first kappa shape index (κ1) is 13.3. The van der Waals surface area contributed by atoms with Crippen LogP contribution < -0.4 is 5.32 Å². The number of aliphatic hydroxyl groups is 1. The molecule has 0 amide bonds. The van der Waals surface area contributed by atoms with Crippen molar-refractivity contribution in [3.63, 3.8) is 0 Å². The second-order valence-corrected chi connectivity index (χ2v) is 5.65. The van der Waals surface area contributed by atoms with E-state index in [4.69, 9.17) is 0 Å². The van der Waals surface area contributed by atoms with Gasteiger partial charge in [0.2, 0.25) is 0 Å². The van der Waals surface area contributed by atoms with E-state index in [1.54, 1.807) is 0 Å². The quantitative estimate of drug-likeness (QED) is 0.717. The minimum Gasteiger partial charge on any atom is -0.390 e. The van der Waals surface area contributed by atoms with Crippen LogP contribution in [-0.2, 0) is 0 Å². The van der Waals surface area contributed by atoms with Gasteiger partial charge in [0.05, 0.1) is 6.10 Å². The Hall–Kier alpha value is -0.160. The van der Waals surface area contributed by atoms with Crippen molar-refractivity contribution >= 4 is 0 Å². The van der Waals surface area contributed by atoms with Crippen LogP contribution >= 0.6 is 0 Å². The number of nitrogens with zero attached hydrogens (tertiary/aromatic N) is 2. The molecule has 0 bridgehead atoms. The summed E-state index contributed by atoms with van der Waals surface area (Å²) in [6.07, 6.45) is 4.83. The Morgan fingerprint density at radius 1 is 1.18 bits per heavy atom. The molecule has 2 aliphatic heterocycles. The van der Waals surface area contributed by atoms with E-state index in [0.717, 1.165) is 13.1 Å². The predicted octanol–water partition coefficient (Wildman–Crippen LogP) is 0.127. The monoisotopic (exact) mass is 241 g/mol. The molecule has 0 radical (unpaired) electrons. The van der Waals surface area contributed by atoms with Crippen LogP contribution in [0.1, 0.15) is 25.7 Å². The molecule has 0 aliphatic carbocycles. The van der Waals surface area contributed by atoms with Gasteiger partial charge in [0.15, 0.2) is 0 Å². The van der Waals surface area contributed by atoms with Gasteiger partial charge in [0, 0.05) is 19.1 Å². The molecule has 2 aliphatic rings. The lowest BCUT2D eigenvalue weighted by Crippen LogP contribution is -2.45. The lowest BCUT2D eigenvalue weighted by molar-refractivity contribution is 0.115. The first-order valence-corrected chi connectivity index (χ1v) is 7.06. The molecule has 2 N–H and O–H groups in total. The average molecular weight is 241 g/mol. The maximum atomic E-state index is 9.98. The molecule has 0 aromatic carbocycles. The van der Waals surface area contributed by atoms with Gasteiger partial charge in [-0.1, -0.05) is 0 Å². The van der Waals surface area contributed by atoms with Crippen molar-refractivity contribution in [1.82, 2.24) is 15.1 Å². The van der Waals surface area contributed by atoms with Crippen LogP contribution in [0.3, 0.4) is 0 Å². The fourth-order valence-corrected chi connectivity index (χ4v) is 2.84. The second kappa shape index (κ2) is 6.69. The number of aliphatic hydroxyl groups excluding tert-OH is 1. The highest BCUT2D eigenvalue weighted by atomic mass is 16.3. The Bertz CT molecular complexity index is 211. The molecule has 0 aromatic rings. The molecular weight excluding hydrogens is 214 g/mol. The van der Waals surface area contributed by atoms with Crippen LogP contribution in [0.15, 0.2) is 0 Å². The molecule has 17 heavy (non-hydrogen) atoms. The Morgan fingerprint density at radius 2 is 1.82 bits per heavy atom. The Labute approximate surface area is 105 Å². The maximum absolute atomic E-state index is 9.98.